The van der Waals surface area contributed by atoms with Gasteiger partial charge in [0.05, 0.1) is 0 Å². The molecule has 0 unspecified atom stereocenters. The summed E-state index contributed by atoms with van der Waals surface area (Å²) >= 11 is 0. The minimum Gasteiger partial charge on any atom is -0.454 e. The second-order valence-electron chi connectivity index (χ2n) is 5.72. The van der Waals surface area contributed by atoms with E-state index in [9.17, 15) is 14.4 Å². The van der Waals surface area contributed by atoms with Crippen molar-refractivity contribution in [2.24, 2.45) is 0 Å². The Morgan fingerprint density at radius 1 is 1.28 bits per heavy atom. The maximum absolute atomic E-state index is 12.3. The summed E-state index contributed by atoms with van der Waals surface area (Å²) in [6.45, 7) is 5.22. The van der Waals surface area contributed by atoms with Crippen molar-refractivity contribution in [1.29, 1.82) is 0 Å². The third-order valence-corrected chi connectivity index (χ3v) is 3.98. The Hall–Kier alpha value is -2.41. The van der Waals surface area contributed by atoms with Gasteiger partial charge in [0.2, 0.25) is 0 Å². The van der Waals surface area contributed by atoms with Crippen molar-refractivity contribution in [3.05, 3.63) is 29.8 Å². The van der Waals surface area contributed by atoms with E-state index in [0.717, 1.165) is 6.42 Å². The van der Waals surface area contributed by atoms with Crippen LogP contribution in [0.3, 0.4) is 0 Å². The Bertz CT molecular complexity index is 622. The van der Waals surface area contributed by atoms with Crippen molar-refractivity contribution in [1.82, 2.24) is 4.90 Å². The Morgan fingerprint density at radius 2 is 2.04 bits per heavy atom. The second-order valence-corrected chi connectivity index (χ2v) is 5.72. The first-order valence-corrected chi connectivity index (χ1v) is 8.52. The normalized spacial score (nSPS) is 16.3. The molecule has 0 aliphatic carbocycles. The molecule has 0 radical (unpaired) electrons. The average molecular weight is 348 g/mol. The molecule has 0 bridgehead atoms. The highest BCUT2D eigenvalue weighted by Crippen LogP contribution is 2.14. The quantitative estimate of drug-likeness (QED) is 0.760. The van der Waals surface area contributed by atoms with Gasteiger partial charge in [0.15, 0.2) is 12.7 Å². The molecule has 0 aromatic heterocycles. The number of rotatable bonds is 7. The third kappa shape index (κ3) is 5.29. The van der Waals surface area contributed by atoms with Gasteiger partial charge in [-0.3, -0.25) is 9.59 Å². The van der Waals surface area contributed by atoms with Gasteiger partial charge >= 0.3 is 5.97 Å². The Labute approximate surface area is 147 Å². The lowest BCUT2D eigenvalue weighted by Crippen LogP contribution is -2.30. The van der Waals surface area contributed by atoms with Crippen LogP contribution in [-0.2, 0) is 19.1 Å². The number of benzene rings is 1. The fourth-order valence-corrected chi connectivity index (χ4v) is 2.61. The summed E-state index contributed by atoms with van der Waals surface area (Å²) < 4.78 is 10.2. The summed E-state index contributed by atoms with van der Waals surface area (Å²) in [6, 6.07) is 6.69. The molecule has 1 aliphatic rings. The molecule has 25 heavy (non-hydrogen) atoms. The molecular weight excluding hydrogens is 324 g/mol. The number of hydrogen-bond acceptors (Lipinski definition) is 5. The molecule has 1 aromatic carbocycles. The van der Waals surface area contributed by atoms with E-state index in [-0.39, 0.29) is 12.5 Å². The fraction of sp³-hybridized carbons (Fsp3) is 0.500. The first kappa shape index (κ1) is 18.9. The maximum Gasteiger partial charge on any atom is 0.335 e. The molecular formula is C18H24N2O5. The molecule has 7 heteroatoms. The summed E-state index contributed by atoms with van der Waals surface area (Å²) in [5.41, 5.74) is 0.981. The standard InChI is InChI=1S/C18H24N2O5/c1-3-20(4-2)17(22)13-7-5-8-14(11-13)19-16(21)12-25-18(23)15-9-6-10-24-15/h5,7-8,11,15H,3-4,6,9-10,12H2,1-2H3,(H,19,21)/t15-/m0/s1. The zero-order valence-electron chi connectivity index (χ0n) is 14.6. The number of amides is 2. The van der Waals surface area contributed by atoms with Gasteiger partial charge in [-0.25, -0.2) is 4.79 Å². The van der Waals surface area contributed by atoms with E-state index in [2.05, 4.69) is 5.32 Å². The van der Waals surface area contributed by atoms with Gasteiger partial charge in [-0.1, -0.05) is 6.07 Å². The molecule has 0 spiro atoms. The molecule has 1 atom stereocenters. The minimum atomic E-state index is -0.567. The topological polar surface area (TPSA) is 84.9 Å². The molecule has 1 heterocycles. The molecule has 1 aliphatic heterocycles. The van der Waals surface area contributed by atoms with Crippen molar-refractivity contribution < 1.29 is 23.9 Å². The van der Waals surface area contributed by atoms with Gasteiger partial charge in [-0.2, -0.15) is 0 Å². The molecule has 1 aromatic rings. The highest BCUT2D eigenvalue weighted by Gasteiger charge is 2.25. The molecule has 136 valence electrons. The van der Waals surface area contributed by atoms with Crippen LogP contribution in [0.1, 0.15) is 37.0 Å². The Morgan fingerprint density at radius 3 is 2.68 bits per heavy atom. The Balaban J connectivity index is 1.89. The largest absolute Gasteiger partial charge is 0.454 e. The van der Waals surface area contributed by atoms with Gasteiger partial charge in [-0.15, -0.1) is 0 Å². The van der Waals surface area contributed by atoms with Crippen LogP contribution in [0, 0.1) is 0 Å². The summed E-state index contributed by atoms with van der Waals surface area (Å²) in [5, 5.41) is 2.63. The van der Waals surface area contributed by atoms with E-state index in [1.54, 1.807) is 29.2 Å². The van der Waals surface area contributed by atoms with Gasteiger partial charge in [-0.05, 0) is 44.9 Å². The average Bonchev–Trinajstić information content (AvgIpc) is 3.15. The predicted molar refractivity (Wildman–Crippen MR) is 92.3 cm³/mol. The van der Waals surface area contributed by atoms with Crippen molar-refractivity contribution in [3.8, 4) is 0 Å². The van der Waals surface area contributed by atoms with Crippen LogP contribution in [0.15, 0.2) is 24.3 Å². The lowest BCUT2D eigenvalue weighted by molar-refractivity contribution is -0.156. The van der Waals surface area contributed by atoms with Crippen molar-refractivity contribution in [2.45, 2.75) is 32.8 Å². The highest BCUT2D eigenvalue weighted by atomic mass is 16.6. The van der Waals surface area contributed by atoms with Crippen molar-refractivity contribution in [3.63, 3.8) is 0 Å². The van der Waals surface area contributed by atoms with Gasteiger partial charge < -0.3 is 19.7 Å². The minimum absolute atomic E-state index is 0.0918. The zero-order chi connectivity index (χ0) is 18.2. The first-order chi connectivity index (χ1) is 12.0. The van der Waals surface area contributed by atoms with Crippen molar-refractivity contribution in [2.75, 3.05) is 31.6 Å². The number of esters is 1. The smallest absolute Gasteiger partial charge is 0.335 e. The van der Waals surface area contributed by atoms with E-state index in [1.165, 1.54) is 0 Å². The molecule has 2 rings (SSSR count). The summed E-state index contributed by atoms with van der Waals surface area (Å²) in [7, 11) is 0. The lowest BCUT2D eigenvalue weighted by Gasteiger charge is -2.19. The van der Waals surface area contributed by atoms with E-state index in [1.807, 2.05) is 13.8 Å². The summed E-state index contributed by atoms with van der Waals surface area (Å²) in [6.07, 6.45) is 0.873. The van der Waals surface area contributed by atoms with Crippen LogP contribution in [0.2, 0.25) is 0 Å². The second kappa shape index (κ2) is 9.17. The number of carbonyl (C=O) groups is 3. The van der Waals surface area contributed by atoms with Crippen molar-refractivity contribution >= 4 is 23.5 Å². The maximum atomic E-state index is 12.3. The molecule has 0 saturated carbocycles. The molecule has 1 saturated heterocycles. The van der Waals surface area contributed by atoms with Crippen LogP contribution in [0.4, 0.5) is 5.69 Å². The van der Waals surface area contributed by atoms with Crippen LogP contribution >= 0.6 is 0 Å². The number of anilines is 1. The number of nitrogens with zero attached hydrogens (tertiary/aromatic N) is 1. The van der Waals surface area contributed by atoms with Crippen LogP contribution in [0.25, 0.3) is 0 Å². The van der Waals surface area contributed by atoms with Gasteiger partial charge in [0.1, 0.15) is 0 Å². The van der Waals surface area contributed by atoms with Gasteiger partial charge in [0, 0.05) is 30.9 Å². The van der Waals surface area contributed by atoms with E-state index in [0.29, 0.717) is 37.4 Å². The molecule has 1 fully saturated rings. The number of hydrogen-bond donors (Lipinski definition) is 1. The summed E-state index contributed by atoms with van der Waals surface area (Å²) in [5.74, 6) is -1.07. The van der Waals surface area contributed by atoms with E-state index < -0.39 is 18.0 Å². The van der Waals surface area contributed by atoms with Crippen LogP contribution in [-0.4, -0.2) is 55.1 Å². The monoisotopic (exact) mass is 348 g/mol. The fourth-order valence-electron chi connectivity index (χ4n) is 2.61. The van der Waals surface area contributed by atoms with Crippen LogP contribution in [0.5, 0.6) is 0 Å². The zero-order valence-corrected chi connectivity index (χ0v) is 14.6. The number of nitrogens with one attached hydrogen (secondary N) is 1. The Kier molecular flexibility index (Phi) is 6.94. The summed E-state index contributed by atoms with van der Waals surface area (Å²) in [4.78, 5) is 37.7. The van der Waals surface area contributed by atoms with Gasteiger partial charge in [0.25, 0.3) is 11.8 Å². The predicted octanol–water partition coefficient (Wildman–Crippen LogP) is 1.83. The molecule has 2 amide bonds. The third-order valence-electron chi connectivity index (χ3n) is 3.98. The van der Waals surface area contributed by atoms with E-state index >= 15 is 0 Å². The van der Waals surface area contributed by atoms with Crippen LogP contribution < -0.4 is 5.32 Å². The number of carbonyl (C=O) groups excluding carboxylic acids is 3. The SMILES string of the molecule is CCN(CC)C(=O)c1cccc(NC(=O)COC(=O)[C@@H]2CCCO2)c1. The highest BCUT2D eigenvalue weighted by molar-refractivity contribution is 5.97. The first-order valence-electron chi connectivity index (χ1n) is 8.52. The number of ether oxygens (including phenoxy) is 2. The van der Waals surface area contributed by atoms with E-state index in [4.69, 9.17) is 9.47 Å². The molecule has 1 N–H and O–H groups in total. The molecule has 7 nitrogen and oxygen atoms in total. The lowest BCUT2D eigenvalue weighted by atomic mass is 10.1.